The summed E-state index contributed by atoms with van der Waals surface area (Å²) in [5, 5.41) is 18.9. The van der Waals surface area contributed by atoms with Crippen LogP contribution in [0.1, 0.15) is 22.0 Å². The number of benzene rings is 1. The summed E-state index contributed by atoms with van der Waals surface area (Å²) in [6.07, 6.45) is -3.18. The smallest absolute Gasteiger partial charge is 0.337 e. The Hall–Kier alpha value is -1.79. The Morgan fingerprint density at radius 1 is 1.47 bits per heavy atom. The first-order valence-corrected chi connectivity index (χ1v) is 4.69. The van der Waals surface area contributed by atoms with Crippen LogP contribution in [0, 0.1) is 5.82 Å². The quantitative estimate of drug-likeness (QED) is 0.582. The second kappa shape index (κ2) is 5.51. The molecule has 1 aromatic carbocycles. The van der Waals surface area contributed by atoms with Gasteiger partial charge in [-0.3, -0.25) is 4.79 Å². The van der Waals surface area contributed by atoms with Gasteiger partial charge in [0.05, 0.1) is 7.11 Å². The maximum atomic E-state index is 13.4. The molecule has 0 aliphatic carbocycles. The highest BCUT2D eigenvalue weighted by Gasteiger charge is 2.28. The minimum atomic E-state index is -1.88. The molecule has 0 fully saturated rings. The molecule has 0 saturated heterocycles. The number of esters is 1. The highest BCUT2D eigenvalue weighted by atomic mass is 19.1. The third kappa shape index (κ3) is 2.86. The number of aldehydes is 1. The Labute approximate surface area is 96.4 Å². The highest BCUT2D eigenvalue weighted by molar-refractivity contribution is 5.76. The summed E-state index contributed by atoms with van der Waals surface area (Å²) in [6, 6.07) is 3.28. The summed E-state index contributed by atoms with van der Waals surface area (Å²) in [5.41, 5.74) is -0.195. The molecule has 0 aliphatic rings. The van der Waals surface area contributed by atoms with E-state index in [0.717, 1.165) is 19.2 Å². The number of methoxy groups -OCH3 is 1. The maximum Gasteiger partial charge on any atom is 0.337 e. The van der Waals surface area contributed by atoms with Gasteiger partial charge in [-0.2, -0.15) is 0 Å². The largest absolute Gasteiger partial charge is 0.467 e. The van der Waals surface area contributed by atoms with Crippen LogP contribution in [0.4, 0.5) is 4.39 Å². The van der Waals surface area contributed by atoms with Crippen molar-refractivity contribution in [1.29, 1.82) is 0 Å². The molecule has 92 valence electrons. The van der Waals surface area contributed by atoms with Crippen LogP contribution >= 0.6 is 0 Å². The van der Waals surface area contributed by atoms with Crippen LogP contribution in [0.2, 0.25) is 0 Å². The van der Waals surface area contributed by atoms with Gasteiger partial charge in [0.25, 0.3) is 0 Å². The minimum absolute atomic E-state index is 0.0889. The van der Waals surface area contributed by atoms with Crippen molar-refractivity contribution in [2.75, 3.05) is 7.11 Å². The molecule has 2 unspecified atom stereocenters. The summed E-state index contributed by atoms with van der Waals surface area (Å²) >= 11 is 0. The lowest BCUT2D eigenvalue weighted by atomic mass is 10.0. The molecule has 6 heteroatoms. The molecule has 5 nitrogen and oxygen atoms in total. The predicted octanol–water partition coefficient (Wildman–Crippen LogP) is 0.206. The Morgan fingerprint density at radius 2 is 2.12 bits per heavy atom. The van der Waals surface area contributed by atoms with E-state index in [1.165, 1.54) is 6.07 Å². The first kappa shape index (κ1) is 13.3. The standard InChI is InChI=1S/C11H11FO5/c1-17-11(16)10(15)9(14)7-3-2-6(5-13)4-8(7)12/h2-5,9-10,14-15H,1H3. The summed E-state index contributed by atoms with van der Waals surface area (Å²) in [4.78, 5) is 21.3. The Balaban J connectivity index is 3.00. The van der Waals surface area contributed by atoms with Gasteiger partial charge in [-0.05, 0) is 6.07 Å². The van der Waals surface area contributed by atoms with Crippen molar-refractivity contribution in [3.8, 4) is 0 Å². The fourth-order valence-electron chi connectivity index (χ4n) is 1.28. The van der Waals surface area contributed by atoms with Gasteiger partial charge in [0.15, 0.2) is 6.10 Å². The van der Waals surface area contributed by atoms with Crippen LogP contribution in [0.3, 0.4) is 0 Å². The van der Waals surface area contributed by atoms with Crippen LogP contribution < -0.4 is 0 Å². The minimum Gasteiger partial charge on any atom is -0.467 e. The average molecular weight is 242 g/mol. The number of carbonyl (C=O) groups excluding carboxylic acids is 2. The Morgan fingerprint density at radius 3 is 2.59 bits per heavy atom. The van der Waals surface area contributed by atoms with Gasteiger partial charge in [0.2, 0.25) is 0 Å². The average Bonchev–Trinajstić information content (AvgIpc) is 2.35. The van der Waals surface area contributed by atoms with E-state index < -0.39 is 24.0 Å². The van der Waals surface area contributed by atoms with E-state index in [0.29, 0.717) is 6.29 Å². The van der Waals surface area contributed by atoms with E-state index in [4.69, 9.17) is 0 Å². The summed E-state index contributed by atoms with van der Waals surface area (Å²) in [7, 11) is 1.03. The van der Waals surface area contributed by atoms with Crippen LogP contribution in [0.5, 0.6) is 0 Å². The third-order valence-corrected chi connectivity index (χ3v) is 2.22. The van der Waals surface area contributed by atoms with Crippen LogP contribution in [-0.4, -0.2) is 35.7 Å². The number of ether oxygens (including phenoxy) is 1. The normalized spacial score (nSPS) is 13.9. The second-order valence-corrected chi connectivity index (χ2v) is 3.31. The van der Waals surface area contributed by atoms with Gasteiger partial charge < -0.3 is 14.9 Å². The zero-order valence-corrected chi connectivity index (χ0v) is 8.96. The van der Waals surface area contributed by atoms with Crippen molar-refractivity contribution in [3.63, 3.8) is 0 Å². The van der Waals surface area contributed by atoms with E-state index in [9.17, 15) is 24.2 Å². The van der Waals surface area contributed by atoms with Crippen molar-refractivity contribution in [2.24, 2.45) is 0 Å². The number of carbonyl (C=O) groups is 2. The molecule has 1 aromatic rings. The molecule has 2 atom stereocenters. The van der Waals surface area contributed by atoms with Gasteiger partial charge in [0.1, 0.15) is 18.2 Å². The van der Waals surface area contributed by atoms with Gasteiger partial charge in [-0.15, -0.1) is 0 Å². The fraction of sp³-hybridized carbons (Fsp3) is 0.273. The predicted molar refractivity (Wildman–Crippen MR) is 54.8 cm³/mol. The molecule has 0 spiro atoms. The van der Waals surface area contributed by atoms with E-state index in [1.807, 2.05) is 0 Å². The van der Waals surface area contributed by atoms with Crippen LogP contribution in [0.25, 0.3) is 0 Å². The van der Waals surface area contributed by atoms with E-state index in [-0.39, 0.29) is 11.1 Å². The van der Waals surface area contributed by atoms with E-state index >= 15 is 0 Å². The number of aliphatic hydroxyl groups is 2. The fourth-order valence-corrected chi connectivity index (χ4v) is 1.28. The van der Waals surface area contributed by atoms with Gasteiger partial charge >= 0.3 is 5.97 Å². The molecule has 2 N–H and O–H groups in total. The number of hydrogen-bond donors (Lipinski definition) is 2. The van der Waals surface area contributed by atoms with Crippen molar-refractivity contribution in [1.82, 2.24) is 0 Å². The maximum absolute atomic E-state index is 13.4. The highest BCUT2D eigenvalue weighted by Crippen LogP contribution is 2.21. The molecule has 0 saturated carbocycles. The molecule has 0 heterocycles. The lowest BCUT2D eigenvalue weighted by molar-refractivity contribution is -0.156. The molecule has 0 radical (unpaired) electrons. The van der Waals surface area contributed by atoms with Gasteiger partial charge in [-0.1, -0.05) is 12.1 Å². The molecule has 17 heavy (non-hydrogen) atoms. The van der Waals surface area contributed by atoms with Crippen molar-refractivity contribution in [2.45, 2.75) is 12.2 Å². The van der Waals surface area contributed by atoms with Gasteiger partial charge in [-0.25, -0.2) is 9.18 Å². The number of halogens is 1. The zero-order valence-electron chi connectivity index (χ0n) is 8.96. The number of rotatable bonds is 4. The van der Waals surface area contributed by atoms with Crippen molar-refractivity contribution < 1.29 is 28.9 Å². The lowest BCUT2D eigenvalue weighted by Crippen LogP contribution is -2.29. The summed E-state index contributed by atoms with van der Waals surface area (Å²) < 4.78 is 17.6. The van der Waals surface area contributed by atoms with Crippen LogP contribution in [0.15, 0.2) is 18.2 Å². The Bertz CT molecular complexity index is 432. The molecular formula is C11H11FO5. The molecule has 0 aromatic heterocycles. The van der Waals surface area contributed by atoms with E-state index in [1.54, 1.807) is 0 Å². The van der Waals surface area contributed by atoms with Gasteiger partial charge in [0, 0.05) is 11.1 Å². The monoisotopic (exact) mass is 242 g/mol. The third-order valence-electron chi connectivity index (χ3n) is 2.22. The van der Waals surface area contributed by atoms with Crippen molar-refractivity contribution in [3.05, 3.63) is 35.1 Å². The van der Waals surface area contributed by atoms with E-state index in [2.05, 4.69) is 4.74 Å². The molecule has 0 bridgehead atoms. The second-order valence-electron chi connectivity index (χ2n) is 3.31. The molecular weight excluding hydrogens is 231 g/mol. The number of hydrogen-bond acceptors (Lipinski definition) is 5. The first-order valence-electron chi connectivity index (χ1n) is 4.69. The van der Waals surface area contributed by atoms with Crippen molar-refractivity contribution >= 4 is 12.3 Å². The first-order chi connectivity index (χ1) is 8.01. The lowest BCUT2D eigenvalue weighted by Gasteiger charge is -2.16. The summed E-state index contributed by atoms with van der Waals surface area (Å²) in [5.74, 6) is -1.96. The Kier molecular flexibility index (Phi) is 4.30. The van der Waals surface area contributed by atoms with Crippen LogP contribution in [-0.2, 0) is 9.53 Å². The SMILES string of the molecule is COC(=O)C(O)C(O)c1ccc(C=O)cc1F. The molecule has 0 amide bonds. The number of aliphatic hydroxyl groups excluding tert-OH is 2. The zero-order chi connectivity index (χ0) is 13.0. The molecule has 0 aliphatic heterocycles. The topological polar surface area (TPSA) is 83.8 Å². The molecule has 1 rings (SSSR count). The summed E-state index contributed by atoms with van der Waals surface area (Å²) in [6.45, 7) is 0.